The van der Waals surface area contributed by atoms with Crippen LogP contribution >= 0.6 is 0 Å². The third-order valence-corrected chi connectivity index (χ3v) is 3.74. The number of piperidine rings is 1. The van der Waals surface area contributed by atoms with Gasteiger partial charge in [0, 0.05) is 31.4 Å². The second-order valence-corrected chi connectivity index (χ2v) is 5.22. The summed E-state index contributed by atoms with van der Waals surface area (Å²) in [6.45, 7) is 6.45. The van der Waals surface area contributed by atoms with Crippen molar-refractivity contribution in [1.82, 2.24) is 4.90 Å². The normalized spacial score (nSPS) is 16.4. The highest BCUT2D eigenvalue weighted by atomic mass is 16.3. The average Bonchev–Trinajstić information content (AvgIpc) is 2.40. The first kappa shape index (κ1) is 13.7. The van der Waals surface area contributed by atoms with Crippen LogP contribution in [0.4, 0.5) is 10.5 Å². The fourth-order valence-electron chi connectivity index (χ4n) is 2.46. The highest BCUT2D eigenvalue weighted by Gasteiger charge is 2.24. The van der Waals surface area contributed by atoms with Crippen molar-refractivity contribution in [3.8, 4) is 5.75 Å². The van der Waals surface area contributed by atoms with Crippen molar-refractivity contribution in [2.45, 2.75) is 26.7 Å². The number of likely N-dealkylation sites (tertiary alicyclic amines) is 1. The second-order valence-electron chi connectivity index (χ2n) is 5.22. The van der Waals surface area contributed by atoms with E-state index in [1.54, 1.807) is 23.1 Å². The lowest BCUT2D eigenvalue weighted by Crippen LogP contribution is -2.46. The number of anilines is 1. The fourth-order valence-corrected chi connectivity index (χ4v) is 2.46. The van der Waals surface area contributed by atoms with Gasteiger partial charge in [-0.05, 0) is 37.8 Å². The number of aromatic hydroxyl groups is 1. The summed E-state index contributed by atoms with van der Waals surface area (Å²) in [5, 5.41) is 9.53. The van der Waals surface area contributed by atoms with Gasteiger partial charge in [0.25, 0.3) is 0 Å². The number of urea groups is 1. The molecular formula is C15H22N2O2. The van der Waals surface area contributed by atoms with Crippen LogP contribution in [0.25, 0.3) is 0 Å². The fraction of sp³-hybridized carbons (Fsp3) is 0.533. The number of phenols is 1. The number of nitrogens with zero attached hydrogens (tertiary/aromatic N) is 2. The summed E-state index contributed by atoms with van der Waals surface area (Å²) in [6, 6.07) is 6.91. The molecule has 0 atom stereocenters. The van der Waals surface area contributed by atoms with E-state index in [0.29, 0.717) is 12.5 Å². The first-order valence-electron chi connectivity index (χ1n) is 6.97. The molecule has 1 aliphatic heterocycles. The number of hydrogen-bond acceptors (Lipinski definition) is 2. The SMILES string of the molecule is CCN(C(=O)N1CCC(C)CC1)c1cccc(O)c1. The Morgan fingerprint density at radius 1 is 1.42 bits per heavy atom. The van der Waals surface area contributed by atoms with Crippen molar-refractivity contribution in [3.63, 3.8) is 0 Å². The van der Waals surface area contributed by atoms with E-state index in [1.165, 1.54) is 0 Å². The number of phenolic OH excluding ortho intramolecular Hbond substituents is 1. The zero-order chi connectivity index (χ0) is 13.8. The highest BCUT2D eigenvalue weighted by Crippen LogP contribution is 2.23. The molecule has 0 unspecified atom stereocenters. The molecule has 19 heavy (non-hydrogen) atoms. The maximum Gasteiger partial charge on any atom is 0.324 e. The molecule has 0 spiro atoms. The van der Waals surface area contributed by atoms with E-state index in [4.69, 9.17) is 0 Å². The van der Waals surface area contributed by atoms with Crippen LogP contribution in [0.2, 0.25) is 0 Å². The van der Waals surface area contributed by atoms with Gasteiger partial charge in [-0.1, -0.05) is 13.0 Å². The van der Waals surface area contributed by atoms with Crippen LogP contribution in [0.15, 0.2) is 24.3 Å². The van der Waals surface area contributed by atoms with E-state index in [0.717, 1.165) is 31.6 Å². The van der Waals surface area contributed by atoms with E-state index in [9.17, 15) is 9.90 Å². The molecule has 1 N–H and O–H groups in total. The Bertz CT molecular complexity index is 440. The van der Waals surface area contributed by atoms with E-state index in [-0.39, 0.29) is 11.8 Å². The molecule has 0 aliphatic carbocycles. The Morgan fingerprint density at radius 2 is 2.11 bits per heavy atom. The van der Waals surface area contributed by atoms with E-state index in [2.05, 4.69) is 6.92 Å². The van der Waals surface area contributed by atoms with E-state index >= 15 is 0 Å². The molecule has 1 aliphatic rings. The van der Waals surface area contributed by atoms with Gasteiger partial charge in [0.1, 0.15) is 5.75 Å². The number of amides is 2. The van der Waals surface area contributed by atoms with Crippen LogP contribution in [0.1, 0.15) is 26.7 Å². The van der Waals surface area contributed by atoms with Crippen molar-refractivity contribution in [2.24, 2.45) is 5.92 Å². The molecule has 0 bridgehead atoms. The molecule has 104 valence electrons. The largest absolute Gasteiger partial charge is 0.508 e. The Balaban J connectivity index is 2.11. The molecule has 4 nitrogen and oxygen atoms in total. The third kappa shape index (κ3) is 3.19. The van der Waals surface area contributed by atoms with Crippen molar-refractivity contribution >= 4 is 11.7 Å². The van der Waals surface area contributed by atoms with Gasteiger partial charge in [-0.15, -0.1) is 0 Å². The monoisotopic (exact) mass is 262 g/mol. The van der Waals surface area contributed by atoms with Gasteiger partial charge in [0.15, 0.2) is 0 Å². The summed E-state index contributed by atoms with van der Waals surface area (Å²) < 4.78 is 0. The lowest BCUT2D eigenvalue weighted by molar-refractivity contribution is 0.180. The van der Waals surface area contributed by atoms with Crippen LogP contribution < -0.4 is 4.90 Å². The lowest BCUT2D eigenvalue weighted by Gasteiger charge is -2.34. The molecular weight excluding hydrogens is 240 g/mol. The van der Waals surface area contributed by atoms with Crippen LogP contribution in [-0.2, 0) is 0 Å². The molecule has 1 heterocycles. The number of carbonyl (C=O) groups is 1. The van der Waals surface area contributed by atoms with Crippen LogP contribution in [-0.4, -0.2) is 35.7 Å². The zero-order valence-corrected chi connectivity index (χ0v) is 11.7. The summed E-state index contributed by atoms with van der Waals surface area (Å²) in [6.07, 6.45) is 2.15. The van der Waals surface area contributed by atoms with Gasteiger partial charge in [-0.25, -0.2) is 4.79 Å². The van der Waals surface area contributed by atoms with Gasteiger partial charge in [-0.2, -0.15) is 0 Å². The second kappa shape index (κ2) is 5.95. The van der Waals surface area contributed by atoms with Crippen molar-refractivity contribution < 1.29 is 9.90 Å². The average molecular weight is 262 g/mol. The van der Waals surface area contributed by atoms with Crippen LogP contribution in [0.3, 0.4) is 0 Å². The highest BCUT2D eigenvalue weighted by molar-refractivity contribution is 5.92. The Morgan fingerprint density at radius 3 is 2.68 bits per heavy atom. The van der Waals surface area contributed by atoms with Crippen molar-refractivity contribution in [3.05, 3.63) is 24.3 Å². The lowest BCUT2D eigenvalue weighted by atomic mass is 9.99. The molecule has 2 rings (SSSR count). The predicted molar refractivity (Wildman–Crippen MR) is 76.5 cm³/mol. The minimum absolute atomic E-state index is 0.0417. The van der Waals surface area contributed by atoms with Gasteiger partial charge < -0.3 is 10.0 Å². The molecule has 1 aromatic carbocycles. The summed E-state index contributed by atoms with van der Waals surface area (Å²) >= 11 is 0. The predicted octanol–water partition coefficient (Wildman–Crippen LogP) is 3.07. The van der Waals surface area contributed by atoms with Gasteiger partial charge >= 0.3 is 6.03 Å². The summed E-state index contributed by atoms with van der Waals surface area (Å²) in [4.78, 5) is 16.1. The molecule has 1 aromatic rings. The van der Waals surface area contributed by atoms with Crippen LogP contribution in [0, 0.1) is 5.92 Å². The maximum absolute atomic E-state index is 12.5. The minimum Gasteiger partial charge on any atom is -0.508 e. The molecule has 2 amide bonds. The summed E-state index contributed by atoms with van der Waals surface area (Å²) in [7, 11) is 0. The number of carbonyl (C=O) groups excluding carboxylic acids is 1. The van der Waals surface area contributed by atoms with Crippen molar-refractivity contribution in [1.29, 1.82) is 0 Å². The van der Waals surface area contributed by atoms with E-state index < -0.39 is 0 Å². The Labute approximate surface area is 114 Å². The zero-order valence-electron chi connectivity index (χ0n) is 11.7. The Kier molecular flexibility index (Phi) is 4.30. The number of hydrogen-bond donors (Lipinski definition) is 1. The standard InChI is InChI=1S/C15H22N2O2/c1-3-17(13-5-4-6-14(18)11-13)15(19)16-9-7-12(2)8-10-16/h4-6,11-12,18H,3,7-10H2,1-2H3. The van der Waals surface area contributed by atoms with Gasteiger partial charge in [0.05, 0.1) is 0 Å². The maximum atomic E-state index is 12.5. The first-order chi connectivity index (χ1) is 9.11. The van der Waals surface area contributed by atoms with Gasteiger partial charge in [-0.3, -0.25) is 4.90 Å². The molecule has 0 aromatic heterocycles. The number of rotatable bonds is 2. The van der Waals surface area contributed by atoms with Crippen molar-refractivity contribution in [2.75, 3.05) is 24.5 Å². The quantitative estimate of drug-likeness (QED) is 0.890. The summed E-state index contributed by atoms with van der Waals surface area (Å²) in [5.74, 6) is 0.899. The topological polar surface area (TPSA) is 43.8 Å². The van der Waals surface area contributed by atoms with E-state index in [1.807, 2.05) is 17.9 Å². The third-order valence-electron chi connectivity index (χ3n) is 3.74. The first-order valence-corrected chi connectivity index (χ1v) is 6.97. The number of benzene rings is 1. The molecule has 1 saturated heterocycles. The smallest absolute Gasteiger partial charge is 0.324 e. The minimum atomic E-state index is 0.0417. The van der Waals surface area contributed by atoms with Crippen LogP contribution in [0.5, 0.6) is 5.75 Å². The Hall–Kier alpha value is -1.71. The molecule has 0 saturated carbocycles. The summed E-state index contributed by atoms with van der Waals surface area (Å²) in [5.41, 5.74) is 0.756. The van der Waals surface area contributed by atoms with Gasteiger partial charge in [0.2, 0.25) is 0 Å². The molecule has 1 fully saturated rings. The molecule has 0 radical (unpaired) electrons. The molecule has 4 heteroatoms.